The van der Waals surface area contributed by atoms with Crippen LogP contribution >= 0.6 is 0 Å². The van der Waals surface area contributed by atoms with Crippen molar-refractivity contribution in [3.05, 3.63) is 22.8 Å². The van der Waals surface area contributed by atoms with Gasteiger partial charge in [0.15, 0.2) is 0 Å². The van der Waals surface area contributed by atoms with E-state index in [2.05, 4.69) is 29.1 Å². The van der Waals surface area contributed by atoms with Crippen LogP contribution in [0.15, 0.2) is 0 Å². The van der Waals surface area contributed by atoms with Crippen LogP contribution in [0.25, 0.3) is 0 Å². The van der Waals surface area contributed by atoms with Crippen molar-refractivity contribution in [3.63, 3.8) is 0 Å². The lowest BCUT2D eigenvalue weighted by atomic mass is 10.0. The van der Waals surface area contributed by atoms with Crippen LogP contribution < -0.4 is 5.32 Å². The molecule has 0 saturated heterocycles. The Labute approximate surface area is 110 Å². The zero-order chi connectivity index (χ0) is 13.4. The van der Waals surface area contributed by atoms with Gasteiger partial charge in [0.25, 0.3) is 0 Å². The fourth-order valence-corrected chi connectivity index (χ4v) is 2.10. The summed E-state index contributed by atoms with van der Waals surface area (Å²) in [5, 5.41) is 3.37. The van der Waals surface area contributed by atoms with Gasteiger partial charge in [0.2, 0.25) is 0 Å². The lowest BCUT2D eigenvalue weighted by Gasteiger charge is -2.13. The molecule has 1 aromatic rings. The Bertz CT molecular complexity index is 341. The first kappa shape index (κ1) is 15.1. The highest BCUT2D eigenvalue weighted by atomic mass is 16.5. The molecule has 1 rings (SSSR count). The van der Waals surface area contributed by atoms with E-state index < -0.39 is 0 Å². The summed E-state index contributed by atoms with van der Waals surface area (Å²) in [7, 11) is 1.72. The highest BCUT2D eigenvalue weighted by Crippen LogP contribution is 2.13. The molecule has 0 amide bonds. The standard InChI is InChI=1S/C14H25N3O/c1-5-13-12(7-8-15-9-10-18-4)14(6-2)17-11(3)16-13/h15H,5-10H2,1-4H3. The van der Waals surface area contributed by atoms with E-state index in [1.54, 1.807) is 7.11 Å². The molecule has 1 heterocycles. The van der Waals surface area contributed by atoms with Crippen LogP contribution in [0.4, 0.5) is 0 Å². The molecule has 0 aliphatic carbocycles. The van der Waals surface area contributed by atoms with E-state index in [1.165, 1.54) is 17.0 Å². The quantitative estimate of drug-likeness (QED) is 0.714. The van der Waals surface area contributed by atoms with Crippen molar-refractivity contribution in [1.29, 1.82) is 0 Å². The summed E-state index contributed by atoms with van der Waals surface area (Å²) in [6.45, 7) is 8.89. The molecule has 0 atom stereocenters. The van der Waals surface area contributed by atoms with Gasteiger partial charge in [-0.3, -0.25) is 0 Å². The molecule has 102 valence electrons. The Hall–Kier alpha value is -1.00. The Balaban J connectivity index is 2.67. The average molecular weight is 251 g/mol. The van der Waals surface area contributed by atoms with Crippen LogP contribution in [0, 0.1) is 6.92 Å². The van der Waals surface area contributed by atoms with E-state index in [9.17, 15) is 0 Å². The minimum absolute atomic E-state index is 0.756. The summed E-state index contributed by atoms with van der Waals surface area (Å²) < 4.78 is 5.01. The highest BCUT2D eigenvalue weighted by Gasteiger charge is 2.10. The average Bonchev–Trinajstić information content (AvgIpc) is 2.39. The second-order valence-electron chi connectivity index (χ2n) is 4.34. The summed E-state index contributed by atoms with van der Waals surface area (Å²) in [6, 6.07) is 0. The van der Waals surface area contributed by atoms with Gasteiger partial charge in [-0.05, 0) is 38.3 Å². The molecule has 4 heteroatoms. The van der Waals surface area contributed by atoms with Crippen LogP contribution in [-0.2, 0) is 24.0 Å². The third-order valence-electron chi connectivity index (χ3n) is 2.99. The van der Waals surface area contributed by atoms with Crippen LogP contribution in [0.1, 0.15) is 36.6 Å². The third kappa shape index (κ3) is 4.35. The van der Waals surface area contributed by atoms with E-state index in [0.717, 1.165) is 44.8 Å². The van der Waals surface area contributed by atoms with Crippen LogP contribution in [0.2, 0.25) is 0 Å². The molecule has 1 aromatic heterocycles. The van der Waals surface area contributed by atoms with Gasteiger partial charge in [-0.2, -0.15) is 0 Å². The number of methoxy groups -OCH3 is 1. The molecule has 0 radical (unpaired) electrons. The highest BCUT2D eigenvalue weighted by molar-refractivity contribution is 5.26. The summed E-state index contributed by atoms with van der Waals surface area (Å²) in [5.74, 6) is 0.889. The van der Waals surface area contributed by atoms with Crippen LogP contribution in [0.5, 0.6) is 0 Å². The van der Waals surface area contributed by atoms with Gasteiger partial charge in [-0.15, -0.1) is 0 Å². The topological polar surface area (TPSA) is 47.0 Å². The van der Waals surface area contributed by atoms with Crippen molar-refractivity contribution in [2.45, 2.75) is 40.0 Å². The number of ether oxygens (including phenoxy) is 1. The van der Waals surface area contributed by atoms with E-state index in [-0.39, 0.29) is 0 Å². The number of rotatable bonds is 8. The third-order valence-corrected chi connectivity index (χ3v) is 2.99. The van der Waals surface area contributed by atoms with E-state index in [0.29, 0.717) is 0 Å². The predicted octanol–water partition coefficient (Wildman–Crippen LogP) is 1.69. The van der Waals surface area contributed by atoms with Crippen molar-refractivity contribution in [2.75, 3.05) is 26.8 Å². The molecule has 0 aliphatic heterocycles. The molecule has 0 fully saturated rings. The molecule has 0 unspecified atom stereocenters. The van der Waals surface area contributed by atoms with E-state index >= 15 is 0 Å². The maximum Gasteiger partial charge on any atom is 0.125 e. The number of aryl methyl sites for hydroxylation is 3. The van der Waals surface area contributed by atoms with Crippen molar-refractivity contribution < 1.29 is 4.74 Å². The molecule has 4 nitrogen and oxygen atoms in total. The summed E-state index contributed by atoms with van der Waals surface area (Å²) >= 11 is 0. The first-order valence-corrected chi connectivity index (χ1v) is 6.77. The number of hydrogen-bond acceptors (Lipinski definition) is 4. The van der Waals surface area contributed by atoms with Gasteiger partial charge in [0.1, 0.15) is 5.82 Å². The lowest BCUT2D eigenvalue weighted by Crippen LogP contribution is -2.23. The minimum Gasteiger partial charge on any atom is -0.383 e. The summed E-state index contributed by atoms with van der Waals surface area (Å²) in [5.41, 5.74) is 3.73. The van der Waals surface area contributed by atoms with E-state index in [1.807, 2.05) is 6.92 Å². The van der Waals surface area contributed by atoms with Gasteiger partial charge < -0.3 is 10.1 Å². The molecule has 0 aromatic carbocycles. The van der Waals surface area contributed by atoms with Gasteiger partial charge in [-0.25, -0.2) is 9.97 Å². The molecule has 18 heavy (non-hydrogen) atoms. The van der Waals surface area contributed by atoms with Crippen LogP contribution in [-0.4, -0.2) is 36.8 Å². The molecular formula is C14H25N3O. The molecular weight excluding hydrogens is 226 g/mol. The SMILES string of the molecule is CCc1nc(C)nc(CC)c1CCNCCOC. The second kappa shape index (κ2) is 8.16. The first-order valence-electron chi connectivity index (χ1n) is 6.77. The molecule has 0 saturated carbocycles. The van der Waals surface area contributed by atoms with Gasteiger partial charge in [-0.1, -0.05) is 13.8 Å². The van der Waals surface area contributed by atoms with Crippen molar-refractivity contribution in [1.82, 2.24) is 15.3 Å². The predicted molar refractivity (Wildman–Crippen MR) is 74.0 cm³/mol. The Morgan fingerprint density at radius 3 is 2.17 bits per heavy atom. The number of hydrogen-bond donors (Lipinski definition) is 1. The Kier molecular flexibility index (Phi) is 6.83. The Morgan fingerprint density at radius 1 is 1.06 bits per heavy atom. The van der Waals surface area contributed by atoms with Gasteiger partial charge in [0.05, 0.1) is 6.61 Å². The number of nitrogens with one attached hydrogen (secondary N) is 1. The Morgan fingerprint density at radius 2 is 1.67 bits per heavy atom. The van der Waals surface area contributed by atoms with Crippen molar-refractivity contribution in [3.8, 4) is 0 Å². The van der Waals surface area contributed by atoms with Crippen LogP contribution in [0.3, 0.4) is 0 Å². The number of nitrogens with zero attached hydrogens (tertiary/aromatic N) is 2. The van der Waals surface area contributed by atoms with Crippen molar-refractivity contribution >= 4 is 0 Å². The smallest absolute Gasteiger partial charge is 0.125 e. The largest absolute Gasteiger partial charge is 0.383 e. The molecule has 0 spiro atoms. The maximum absolute atomic E-state index is 5.01. The second-order valence-corrected chi connectivity index (χ2v) is 4.34. The molecule has 0 bridgehead atoms. The molecule has 0 aliphatic rings. The molecule has 1 N–H and O–H groups in total. The number of aromatic nitrogens is 2. The zero-order valence-electron chi connectivity index (χ0n) is 12.0. The monoisotopic (exact) mass is 251 g/mol. The van der Waals surface area contributed by atoms with Gasteiger partial charge >= 0.3 is 0 Å². The fourth-order valence-electron chi connectivity index (χ4n) is 2.10. The maximum atomic E-state index is 5.01. The lowest BCUT2D eigenvalue weighted by molar-refractivity contribution is 0.199. The fraction of sp³-hybridized carbons (Fsp3) is 0.714. The van der Waals surface area contributed by atoms with Gasteiger partial charge in [0, 0.05) is 25.0 Å². The first-order chi connectivity index (χ1) is 8.72. The van der Waals surface area contributed by atoms with E-state index in [4.69, 9.17) is 4.74 Å². The summed E-state index contributed by atoms with van der Waals surface area (Å²) in [6.07, 6.45) is 2.95. The minimum atomic E-state index is 0.756. The zero-order valence-corrected chi connectivity index (χ0v) is 12.0. The summed E-state index contributed by atoms with van der Waals surface area (Å²) in [4.78, 5) is 9.10. The van der Waals surface area contributed by atoms with Crippen molar-refractivity contribution in [2.24, 2.45) is 0 Å². The normalized spacial score (nSPS) is 10.9.